The van der Waals surface area contributed by atoms with Crippen LogP contribution >= 0.6 is 0 Å². The van der Waals surface area contributed by atoms with Crippen LogP contribution in [0.3, 0.4) is 0 Å². The Kier molecular flexibility index (Phi) is 7.37. The van der Waals surface area contributed by atoms with E-state index in [4.69, 9.17) is 5.73 Å². The van der Waals surface area contributed by atoms with Crippen molar-refractivity contribution < 1.29 is 18.3 Å². The first-order valence-electron chi connectivity index (χ1n) is 9.22. The van der Waals surface area contributed by atoms with Crippen molar-refractivity contribution in [3.8, 4) is 6.07 Å². The molecule has 160 valence electrons. The molecule has 10 heteroatoms. The summed E-state index contributed by atoms with van der Waals surface area (Å²) >= 11 is 0. The van der Waals surface area contributed by atoms with Gasteiger partial charge >= 0.3 is 0 Å². The van der Waals surface area contributed by atoms with Gasteiger partial charge in [-0.1, -0.05) is 26.0 Å². The Balaban J connectivity index is 2.20. The number of nitrogens with two attached hydrogens (primary N) is 1. The average Bonchev–Trinajstić information content (AvgIpc) is 2.69. The second-order valence-corrected chi connectivity index (χ2v) is 9.22. The van der Waals surface area contributed by atoms with E-state index in [0.717, 1.165) is 6.26 Å². The number of nitrogens with one attached hydrogen (secondary N) is 2. The Morgan fingerprint density at radius 2 is 1.93 bits per heavy atom. The van der Waals surface area contributed by atoms with Crippen LogP contribution in [0, 0.1) is 17.2 Å². The van der Waals surface area contributed by atoms with E-state index in [9.17, 15) is 23.6 Å². The zero-order valence-electron chi connectivity index (χ0n) is 17.0. The molecular weight excluding hydrogens is 406 g/mol. The number of rotatable bonds is 8. The number of amides is 1. The van der Waals surface area contributed by atoms with Gasteiger partial charge in [0.1, 0.15) is 23.1 Å². The number of nitrogen functional groups attached to an aromatic ring is 1. The summed E-state index contributed by atoms with van der Waals surface area (Å²) in [4.78, 5) is 17.0. The number of aromatic nitrogens is 1. The second-order valence-electron chi connectivity index (χ2n) is 7.21. The lowest BCUT2D eigenvalue weighted by molar-refractivity contribution is 0.0946. The minimum absolute atomic E-state index is 0.0159. The highest BCUT2D eigenvalue weighted by Crippen LogP contribution is 2.22. The van der Waals surface area contributed by atoms with Gasteiger partial charge in [-0.05, 0) is 29.7 Å². The van der Waals surface area contributed by atoms with Gasteiger partial charge in [-0.2, -0.15) is 5.26 Å². The van der Waals surface area contributed by atoms with Gasteiger partial charge in [0, 0.05) is 12.8 Å². The first-order chi connectivity index (χ1) is 14.1. The SMILES string of the molecule is CC(C)[C@H](CO)Nc1nc(C(=O)NCc2ccc(S(C)(=O)=O)cc2)cc(N)c1C#N. The normalized spacial score (nSPS) is 12.3. The van der Waals surface area contributed by atoms with Crippen molar-refractivity contribution in [3.05, 3.63) is 47.2 Å². The molecule has 9 nitrogen and oxygen atoms in total. The van der Waals surface area contributed by atoms with E-state index in [1.807, 2.05) is 19.9 Å². The molecule has 0 spiro atoms. The molecule has 2 rings (SSSR count). The van der Waals surface area contributed by atoms with Crippen LogP contribution in [0.15, 0.2) is 35.2 Å². The predicted molar refractivity (Wildman–Crippen MR) is 113 cm³/mol. The summed E-state index contributed by atoms with van der Waals surface area (Å²) in [5.74, 6) is -0.323. The number of benzene rings is 1. The zero-order chi connectivity index (χ0) is 22.5. The van der Waals surface area contributed by atoms with E-state index >= 15 is 0 Å². The number of sulfone groups is 1. The highest BCUT2D eigenvalue weighted by atomic mass is 32.2. The highest BCUT2D eigenvalue weighted by molar-refractivity contribution is 7.90. The highest BCUT2D eigenvalue weighted by Gasteiger charge is 2.19. The quantitative estimate of drug-likeness (QED) is 0.487. The third-order valence-corrected chi connectivity index (χ3v) is 5.65. The summed E-state index contributed by atoms with van der Waals surface area (Å²) in [7, 11) is -3.29. The minimum Gasteiger partial charge on any atom is -0.397 e. The van der Waals surface area contributed by atoms with Crippen LogP contribution < -0.4 is 16.4 Å². The molecule has 5 N–H and O–H groups in total. The van der Waals surface area contributed by atoms with Gasteiger partial charge in [0.2, 0.25) is 0 Å². The van der Waals surface area contributed by atoms with Gasteiger partial charge in [0.05, 0.1) is 23.2 Å². The van der Waals surface area contributed by atoms with Gasteiger partial charge in [0.25, 0.3) is 5.91 Å². The van der Waals surface area contributed by atoms with Gasteiger partial charge in [-0.15, -0.1) is 0 Å². The topological polar surface area (TPSA) is 158 Å². The summed E-state index contributed by atoms with van der Waals surface area (Å²) in [6.07, 6.45) is 1.12. The Labute approximate surface area is 175 Å². The third kappa shape index (κ3) is 5.68. The first kappa shape index (κ1) is 23.1. The number of hydrogen-bond donors (Lipinski definition) is 4. The molecule has 0 aliphatic rings. The molecule has 0 aliphatic heterocycles. The predicted octanol–water partition coefficient (Wildman–Crippen LogP) is 1.30. The Hall–Kier alpha value is -3.16. The molecule has 0 fully saturated rings. The Morgan fingerprint density at radius 1 is 1.30 bits per heavy atom. The number of aliphatic hydroxyl groups is 1. The molecule has 1 aromatic carbocycles. The number of carbonyl (C=O) groups is 1. The minimum atomic E-state index is -3.29. The number of pyridine rings is 1. The maximum Gasteiger partial charge on any atom is 0.270 e. The van der Waals surface area contributed by atoms with E-state index < -0.39 is 15.7 Å². The molecule has 0 bridgehead atoms. The summed E-state index contributed by atoms with van der Waals surface area (Å²) in [6, 6.07) is 9.07. The monoisotopic (exact) mass is 431 g/mol. The van der Waals surface area contributed by atoms with Crippen LogP contribution in [-0.2, 0) is 16.4 Å². The van der Waals surface area contributed by atoms with Crippen molar-refractivity contribution >= 4 is 27.2 Å². The van der Waals surface area contributed by atoms with Gasteiger partial charge in [0.15, 0.2) is 9.84 Å². The van der Waals surface area contributed by atoms with Gasteiger partial charge in [-0.25, -0.2) is 13.4 Å². The molecule has 1 amide bonds. The van der Waals surface area contributed by atoms with Crippen molar-refractivity contribution in [2.24, 2.45) is 5.92 Å². The van der Waals surface area contributed by atoms with Crippen LogP contribution in [0.1, 0.15) is 35.5 Å². The summed E-state index contributed by atoms with van der Waals surface area (Å²) < 4.78 is 23.0. The Morgan fingerprint density at radius 3 is 2.43 bits per heavy atom. The average molecular weight is 432 g/mol. The smallest absolute Gasteiger partial charge is 0.270 e. The Bertz CT molecular complexity index is 1060. The van der Waals surface area contributed by atoms with E-state index in [0.29, 0.717) is 5.56 Å². The number of anilines is 2. The van der Waals surface area contributed by atoms with Crippen LogP contribution in [0.4, 0.5) is 11.5 Å². The lowest BCUT2D eigenvalue weighted by atomic mass is 10.0. The van der Waals surface area contributed by atoms with Crippen molar-refractivity contribution in [3.63, 3.8) is 0 Å². The van der Waals surface area contributed by atoms with Crippen LogP contribution in [0.5, 0.6) is 0 Å². The summed E-state index contributed by atoms with van der Waals surface area (Å²) in [5.41, 5.74) is 6.84. The fourth-order valence-corrected chi connectivity index (χ4v) is 3.26. The fourth-order valence-electron chi connectivity index (χ4n) is 2.63. The first-order valence-corrected chi connectivity index (χ1v) is 11.1. The number of aliphatic hydroxyl groups excluding tert-OH is 1. The van der Waals surface area contributed by atoms with Crippen LogP contribution in [0.25, 0.3) is 0 Å². The molecule has 2 aromatic rings. The van der Waals surface area contributed by atoms with Crippen molar-refractivity contribution in [1.29, 1.82) is 5.26 Å². The third-order valence-electron chi connectivity index (χ3n) is 4.52. The van der Waals surface area contributed by atoms with Gasteiger partial charge < -0.3 is 21.5 Å². The molecule has 1 aromatic heterocycles. The molecule has 1 atom stereocenters. The van der Waals surface area contributed by atoms with Crippen LogP contribution in [0.2, 0.25) is 0 Å². The summed E-state index contributed by atoms with van der Waals surface area (Å²) in [5, 5.41) is 24.6. The molecule has 30 heavy (non-hydrogen) atoms. The number of carbonyl (C=O) groups excluding carboxylic acids is 1. The zero-order valence-corrected chi connectivity index (χ0v) is 17.8. The number of nitriles is 1. The summed E-state index contributed by atoms with van der Waals surface area (Å²) in [6.45, 7) is 3.77. The molecule has 0 saturated heterocycles. The van der Waals surface area contributed by atoms with E-state index in [2.05, 4.69) is 15.6 Å². The number of hydrogen-bond acceptors (Lipinski definition) is 8. The van der Waals surface area contributed by atoms with Crippen molar-refractivity contribution in [2.45, 2.75) is 31.3 Å². The lowest BCUT2D eigenvalue weighted by Crippen LogP contribution is -2.31. The lowest BCUT2D eigenvalue weighted by Gasteiger charge is -2.22. The standard InChI is InChI=1S/C20H25N5O4S/c1-12(2)18(11-26)25-19-15(9-21)16(22)8-17(24-19)20(27)23-10-13-4-6-14(7-5-13)30(3,28)29/h4-8,12,18,26H,10-11H2,1-3H3,(H,23,27)(H3,22,24,25)/t18-/m0/s1. The molecule has 0 aliphatic carbocycles. The van der Waals surface area contributed by atoms with E-state index in [1.54, 1.807) is 12.1 Å². The number of nitrogens with zero attached hydrogens (tertiary/aromatic N) is 2. The largest absolute Gasteiger partial charge is 0.397 e. The molecule has 0 radical (unpaired) electrons. The molecular formula is C20H25N5O4S. The fraction of sp³-hybridized carbons (Fsp3) is 0.350. The maximum atomic E-state index is 12.6. The molecule has 0 unspecified atom stereocenters. The van der Waals surface area contributed by atoms with Crippen molar-refractivity contribution in [2.75, 3.05) is 23.9 Å². The van der Waals surface area contributed by atoms with Gasteiger partial charge in [-0.3, -0.25) is 4.79 Å². The molecule has 1 heterocycles. The van der Waals surface area contributed by atoms with E-state index in [1.165, 1.54) is 18.2 Å². The van der Waals surface area contributed by atoms with E-state index in [-0.39, 0.29) is 52.8 Å². The molecule has 0 saturated carbocycles. The maximum absolute atomic E-state index is 12.6. The van der Waals surface area contributed by atoms with Crippen molar-refractivity contribution in [1.82, 2.24) is 10.3 Å². The second kappa shape index (κ2) is 9.56. The van der Waals surface area contributed by atoms with Crippen LogP contribution in [-0.4, -0.2) is 43.3 Å².